The van der Waals surface area contributed by atoms with E-state index in [4.69, 9.17) is 9.72 Å². The van der Waals surface area contributed by atoms with Crippen molar-refractivity contribution in [3.63, 3.8) is 0 Å². The minimum atomic E-state index is 0.388. The number of ether oxygens (including phenoxy) is 1. The van der Waals surface area contributed by atoms with E-state index in [1.54, 1.807) is 0 Å². The van der Waals surface area contributed by atoms with Gasteiger partial charge in [0.25, 0.3) is 0 Å². The molecule has 0 N–H and O–H groups in total. The fourth-order valence-corrected chi connectivity index (χ4v) is 2.69. The van der Waals surface area contributed by atoms with Gasteiger partial charge >= 0.3 is 0 Å². The fourth-order valence-electron chi connectivity index (χ4n) is 2.31. The normalized spacial score (nSPS) is 20.3. The summed E-state index contributed by atoms with van der Waals surface area (Å²) in [5.41, 5.74) is 1.04. The zero-order valence-electron chi connectivity index (χ0n) is 10.3. The lowest BCUT2D eigenvalue weighted by Gasteiger charge is -2.34. The van der Waals surface area contributed by atoms with Gasteiger partial charge in [-0.3, -0.25) is 0 Å². The number of hydrogen-bond acceptors (Lipinski definition) is 3. The van der Waals surface area contributed by atoms with Gasteiger partial charge in [-0.1, -0.05) is 15.9 Å². The van der Waals surface area contributed by atoms with Gasteiger partial charge in [0.15, 0.2) is 0 Å². The van der Waals surface area contributed by atoms with Crippen molar-refractivity contribution >= 4 is 32.7 Å². The Kier molecular flexibility index (Phi) is 3.22. The number of nitrogens with zero attached hydrogens (tertiary/aromatic N) is 2. The van der Waals surface area contributed by atoms with Gasteiger partial charge in [-0.2, -0.15) is 0 Å². The average molecular weight is 307 g/mol. The molecule has 1 aliphatic heterocycles. The first-order valence-electron chi connectivity index (χ1n) is 6.15. The molecule has 1 saturated heterocycles. The van der Waals surface area contributed by atoms with Crippen LogP contribution >= 0.6 is 15.9 Å². The third kappa shape index (κ3) is 2.22. The maximum Gasteiger partial charge on any atom is 0.129 e. The van der Waals surface area contributed by atoms with E-state index in [0.29, 0.717) is 6.04 Å². The van der Waals surface area contributed by atoms with Gasteiger partial charge in [0.2, 0.25) is 0 Å². The van der Waals surface area contributed by atoms with Crippen molar-refractivity contribution in [2.75, 3.05) is 24.7 Å². The smallest absolute Gasteiger partial charge is 0.129 e. The highest BCUT2D eigenvalue weighted by Crippen LogP contribution is 2.23. The van der Waals surface area contributed by atoms with Crippen LogP contribution < -0.4 is 4.90 Å². The van der Waals surface area contributed by atoms with E-state index in [2.05, 4.69) is 46.0 Å². The van der Waals surface area contributed by atoms with Gasteiger partial charge in [0.1, 0.15) is 5.82 Å². The molecule has 2 heterocycles. The molecule has 1 aromatic heterocycles. The largest absolute Gasteiger partial charge is 0.377 e. The van der Waals surface area contributed by atoms with E-state index in [-0.39, 0.29) is 0 Å². The van der Waals surface area contributed by atoms with Crippen molar-refractivity contribution in [2.45, 2.75) is 13.0 Å². The van der Waals surface area contributed by atoms with Crippen LogP contribution in [0.1, 0.15) is 6.92 Å². The van der Waals surface area contributed by atoms with Crippen LogP contribution in [0.3, 0.4) is 0 Å². The van der Waals surface area contributed by atoms with Gasteiger partial charge < -0.3 is 9.64 Å². The van der Waals surface area contributed by atoms with Gasteiger partial charge in [0, 0.05) is 16.4 Å². The lowest BCUT2D eigenvalue weighted by Crippen LogP contribution is -2.44. The topological polar surface area (TPSA) is 25.4 Å². The number of benzene rings is 1. The Labute approximate surface area is 115 Å². The second kappa shape index (κ2) is 4.86. The molecular formula is C14H15BrN2O. The first-order chi connectivity index (χ1) is 8.74. The highest BCUT2D eigenvalue weighted by atomic mass is 79.9. The van der Waals surface area contributed by atoms with E-state index in [1.165, 1.54) is 0 Å². The van der Waals surface area contributed by atoms with E-state index in [9.17, 15) is 0 Å². The molecule has 94 valence electrons. The molecule has 0 bridgehead atoms. The summed E-state index contributed by atoms with van der Waals surface area (Å²) in [5, 5.41) is 1.16. The summed E-state index contributed by atoms with van der Waals surface area (Å²) in [6.07, 6.45) is 0. The molecule has 0 amide bonds. The van der Waals surface area contributed by atoms with E-state index >= 15 is 0 Å². The van der Waals surface area contributed by atoms with Gasteiger partial charge in [-0.15, -0.1) is 0 Å². The standard InChI is InChI=1S/C14H15BrN2O/c1-10-9-18-7-6-17(10)14-5-2-11-8-12(15)3-4-13(11)16-14/h2-5,8,10H,6-7,9H2,1H3/t10-/m0/s1. The maximum absolute atomic E-state index is 5.46. The van der Waals surface area contributed by atoms with E-state index < -0.39 is 0 Å². The van der Waals surface area contributed by atoms with Crippen LogP contribution in [-0.4, -0.2) is 30.8 Å². The predicted molar refractivity (Wildman–Crippen MR) is 77.1 cm³/mol. The Morgan fingerprint density at radius 1 is 1.33 bits per heavy atom. The van der Waals surface area contributed by atoms with Crippen molar-refractivity contribution in [3.05, 3.63) is 34.8 Å². The average Bonchev–Trinajstić information content (AvgIpc) is 2.39. The highest BCUT2D eigenvalue weighted by molar-refractivity contribution is 9.10. The zero-order chi connectivity index (χ0) is 12.5. The van der Waals surface area contributed by atoms with Crippen LogP contribution in [0, 0.1) is 0 Å². The third-order valence-corrected chi connectivity index (χ3v) is 3.79. The van der Waals surface area contributed by atoms with Gasteiger partial charge in [0.05, 0.1) is 24.8 Å². The second-order valence-corrected chi connectivity index (χ2v) is 5.54. The molecule has 1 atom stereocenters. The Hall–Kier alpha value is -1.13. The van der Waals surface area contributed by atoms with Crippen LogP contribution in [0.25, 0.3) is 10.9 Å². The van der Waals surface area contributed by atoms with Crippen molar-refractivity contribution in [1.29, 1.82) is 0 Å². The highest BCUT2D eigenvalue weighted by Gasteiger charge is 2.20. The molecule has 3 nitrogen and oxygen atoms in total. The Morgan fingerprint density at radius 2 is 2.22 bits per heavy atom. The number of rotatable bonds is 1. The summed E-state index contributed by atoms with van der Waals surface area (Å²) in [7, 11) is 0. The molecule has 0 unspecified atom stereocenters. The molecule has 0 spiro atoms. The molecule has 3 rings (SSSR count). The van der Waals surface area contributed by atoms with Crippen molar-refractivity contribution in [3.8, 4) is 0 Å². The molecule has 2 aromatic rings. The summed E-state index contributed by atoms with van der Waals surface area (Å²) in [5.74, 6) is 1.04. The lowest BCUT2D eigenvalue weighted by molar-refractivity contribution is 0.0986. The van der Waals surface area contributed by atoms with Crippen molar-refractivity contribution in [1.82, 2.24) is 4.98 Å². The first kappa shape index (κ1) is 11.9. The SMILES string of the molecule is C[C@H]1COCCN1c1ccc2cc(Br)ccc2n1. The van der Waals surface area contributed by atoms with Crippen LogP contribution in [-0.2, 0) is 4.74 Å². The molecule has 0 radical (unpaired) electrons. The Morgan fingerprint density at radius 3 is 3.06 bits per heavy atom. The van der Waals surface area contributed by atoms with Crippen molar-refractivity contribution in [2.24, 2.45) is 0 Å². The number of pyridine rings is 1. The third-order valence-electron chi connectivity index (χ3n) is 3.30. The van der Waals surface area contributed by atoms with Gasteiger partial charge in [-0.25, -0.2) is 4.98 Å². The van der Waals surface area contributed by atoms with Crippen LogP contribution in [0.4, 0.5) is 5.82 Å². The molecule has 0 aliphatic carbocycles. The minimum absolute atomic E-state index is 0.388. The lowest BCUT2D eigenvalue weighted by atomic mass is 10.2. The number of aromatic nitrogens is 1. The summed E-state index contributed by atoms with van der Waals surface area (Å²) >= 11 is 3.48. The molecule has 1 fully saturated rings. The number of morpholine rings is 1. The fraction of sp³-hybridized carbons (Fsp3) is 0.357. The number of halogens is 1. The Balaban J connectivity index is 1.99. The first-order valence-corrected chi connectivity index (χ1v) is 6.94. The maximum atomic E-state index is 5.46. The number of hydrogen-bond donors (Lipinski definition) is 0. The minimum Gasteiger partial charge on any atom is -0.377 e. The second-order valence-electron chi connectivity index (χ2n) is 4.62. The monoisotopic (exact) mass is 306 g/mol. The molecule has 1 aliphatic rings. The van der Waals surface area contributed by atoms with E-state index in [0.717, 1.165) is 41.0 Å². The molecule has 0 saturated carbocycles. The van der Waals surface area contributed by atoms with Crippen LogP contribution in [0.5, 0.6) is 0 Å². The predicted octanol–water partition coefficient (Wildman–Crippen LogP) is 3.22. The van der Waals surface area contributed by atoms with Crippen LogP contribution in [0.15, 0.2) is 34.8 Å². The molecule has 4 heteroatoms. The zero-order valence-corrected chi connectivity index (χ0v) is 11.9. The molecule has 1 aromatic carbocycles. The summed E-state index contributed by atoms with van der Waals surface area (Å²) < 4.78 is 6.55. The molecular weight excluding hydrogens is 292 g/mol. The summed E-state index contributed by atoms with van der Waals surface area (Å²) in [6.45, 7) is 4.65. The molecule has 18 heavy (non-hydrogen) atoms. The van der Waals surface area contributed by atoms with E-state index in [1.807, 2.05) is 12.1 Å². The van der Waals surface area contributed by atoms with Gasteiger partial charge in [-0.05, 0) is 37.3 Å². The Bertz CT molecular complexity index is 573. The summed E-state index contributed by atoms with van der Waals surface area (Å²) in [4.78, 5) is 7.05. The van der Waals surface area contributed by atoms with Crippen molar-refractivity contribution < 1.29 is 4.74 Å². The number of fused-ring (bicyclic) bond motifs is 1. The quantitative estimate of drug-likeness (QED) is 0.809. The summed E-state index contributed by atoms with van der Waals surface area (Å²) in [6, 6.07) is 10.8. The number of anilines is 1. The van der Waals surface area contributed by atoms with Crippen LogP contribution in [0.2, 0.25) is 0 Å².